The summed E-state index contributed by atoms with van der Waals surface area (Å²) in [6, 6.07) is 9.46. The minimum absolute atomic E-state index is 0.0790. The number of carbonyl (C=O) groups is 2. The van der Waals surface area contributed by atoms with Crippen LogP contribution >= 0.6 is 0 Å². The minimum Gasteiger partial charge on any atom is -0.357 e. The zero-order valence-electron chi connectivity index (χ0n) is 14.4. The van der Waals surface area contributed by atoms with Gasteiger partial charge in [-0.1, -0.05) is 12.1 Å². The third kappa shape index (κ3) is 4.56. The fraction of sp³-hybridized carbons (Fsp3) is 0.316. The second kappa shape index (κ2) is 8.42. The van der Waals surface area contributed by atoms with Gasteiger partial charge in [-0.05, 0) is 42.7 Å². The Hall–Kier alpha value is -2.96. The molecule has 1 saturated heterocycles. The summed E-state index contributed by atoms with van der Waals surface area (Å²) >= 11 is 0. The molecular formula is C19H21FN4O2. The molecule has 0 aliphatic carbocycles. The van der Waals surface area contributed by atoms with Crippen molar-refractivity contribution in [3.63, 3.8) is 0 Å². The van der Waals surface area contributed by atoms with Crippen LogP contribution in [0.15, 0.2) is 42.6 Å². The second-order valence-electron chi connectivity index (χ2n) is 6.16. The summed E-state index contributed by atoms with van der Waals surface area (Å²) in [5, 5.41) is 5.16. The van der Waals surface area contributed by atoms with Gasteiger partial charge < -0.3 is 15.5 Å². The Morgan fingerprint density at radius 1 is 1.12 bits per heavy atom. The van der Waals surface area contributed by atoms with Crippen LogP contribution in [0.5, 0.6) is 0 Å². The van der Waals surface area contributed by atoms with Crippen molar-refractivity contribution in [3.05, 3.63) is 59.5 Å². The summed E-state index contributed by atoms with van der Waals surface area (Å²) in [6.07, 6.45) is 4.07. The average Bonchev–Trinajstić information content (AvgIpc) is 3.20. The van der Waals surface area contributed by atoms with Crippen LogP contribution in [0.1, 0.15) is 28.8 Å². The summed E-state index contributed by atoms with van der Waals surface area (Å²) in [6.45, 7) is 2.14. The van der Waals surface area contributed by atoms with Gasteiger partial charge in [0.1, 0.15) is 11.6 Å². The highest BCUT2D eigenvalue weighted by Crippen LogP contribution is 2.18. The van der Waals surface area contributed by atoms with Crippen molar-refractivity contribution in [2.75, 3.05) is 24.5 Å². The molecule has 0 bridgehead atoms. The van der Waals surface area contributed by atoms with E-state index in [0.717, 1.165) is 24.5 Å². The number of anilines is 1. The molecule has 0 spiro atoms. The molecule has 136 valence electrons. The Balaban J connectivity index is 1.47. The number of hydrogen-bond donors (Lipinski definition) is 2. The van der Waals surface area contributed by atoms with E-state index in [1.807, 2.05) is 12.1 Å². The lowest BCUT2D eigenvalue weighted by Crippen LogP contribution is -2.36. The van der Waals surface area contributed by atoms with Crippen molar-refractivity contribution >= 4 is 17.6 Å². The molecule has 26 heavy (non-hydrogen) atoms. The Bertz CT molecular complexity index is 791. The number of nitrogens with zero attached hydrogens (tertiary/aromatic N) is 2. The average molecular weight is 356 g/mol. The van der Waals surface area contributed by atoms with E-state index >= 15 is 0 Å². The van der Waals surface area contributed by atoms with Gasteiger partial charge in [0.25, 0.3) is 5.91 Å². The molecular weight excluding hydrogens is 335 g/mol. The SMILES string of the molecule is O=C(CNC(=O)c1ccccc1F)NCc1ccnc(N2CCCC2)c1. The van der Waals surface area contributed by atoms with E-state index in [4.69, 9.17) is 0 Å². The molecule has 7 heteroatoms. The molecule has 2 aromatic rings. The van der Waals surface area contributed by atoms with Gasteiger partial charge in [0.15, 0.2) is 0 Å². The normalized spacial score (nSPS) is 13.5. The highest BCUT2D eigenvalue weighted by atomic mass is 19.1. The lowest BCUT2D eigenvalue weighted by atomic mass is 10.2. The van der Waals surface area contributed by atoms with Crippen molar-refractivity contribution in [2.24, 2.45) is 0 Å². The summed E-state index contributed by atoms with van der Waals surface area (Å²) in [7, 11) is 0. The van der Waals surface area contributed by atoms with E-state index in [-0.39, 0.29) is 18.0 Å². The van der Waals surface area contributed by atoms with Crippen LogP contribution in [0.25, 0.3) is 0 Å². The van der Waals surface area contributed by atoms with E-state index in [9.17, 15) is 14.0 Å². The maximum absolute atomic E-state index is 13.5. The number of nitrogens with one attached hydrogen (secondary N) is 2. The molecule has 3 rings (SSSR count). The van der Waals surface area contributed by atoms with Crippen molar-refractivity contribution in [3.8, 4) is 0 Å². The van der Waals surface area contributed by atoms with Crippen molar-refractivity contribution in [2.45, 2.75) is 19.4 Å². The molecule has 2 N–H and O–H groups in total. The van der Waals surface area contributed by atoms with Crippen LogP contribution in [0.4, 0.5) is 10.2 Å². The quantitative estimate of drug-likeness (QED) is 0.829. The van der Waals surface area contributed by atoms with Crippen LogP contribution in [0.3, 0.4) is 0 Å². The number of halogens is 1. The van der Waals surface area contributed by atoms with Gasteiger partial charge in [-0.25, -0.2) is 9.37 Å². The van der Waals surface area contributed by atoms with E-state index in [0.29, 0.717) is 6.54 Å². The molecule has 2 amide bonds. The second-order valence-corrected chi connectivity index (χ2v) is 6.16. The Morgan fingerprint density at radius 3 is 2.65 bits per heavy atom. The third-order valence-electron chi connectivity index (χ3n) is 4.26. The fourth-order valence-electron chi connectivity index (χ4n) is 2.85. The molecule has 2 heterocycles. The van der Waals surface area contributed by atoms with Gasteiger partial charge >= 0.3 is 0 Å². The van der Waals surface area contributed by atoms with Gasteiger partial charge in [0, 0.05) is 25.8 Å². The Morgan fingerprint density at radius 2 is 1.88 bits per heavy atom. The molecule has 1 aromatic heterocycles. The summed E-state index contributed by atoms with van der Waals surface area (Å²) in [5.41, 5.74) is 0.861. The molecule has 0 radical (unpaired) electrons. The van der Waals surface area contributed by atoms with E-state index in [2.05, 4.69) is 20.5 Å². The van der Waals surface area contributed by atoms with Crippen LogP contribution in [-0.2, 0) is 11.3 Å². The smallest absolute Gasteiger partial charge is 0.254 e. The van der Waals surface area contributed by atoms with Gasteiger partial charge in [0.2, 0.25) is 5.91 Å². The summed E-state index contributed by atoms with van der Waals surface area (Å²) < 4.78 is 13.5. The van der Waals surface area contributed by atoms with E-state index in [1.54, 1.807) is 12.3 Å². The predicted molar refractivity (Wildman–Crippen MR) is 96.3 cm³/mol. The number of hydrogen-bond acceptors (Lipinski definition) is 4. The van der Waals surface area contributed by atoms with E-state index < -0.39 is 11.7 Å². The number of rotatable bonds is 6. The largest absolute Gasteiger partial charge is 0.357 e. The first-order valence-electron chi connectivity index (χ1n) is 8.63. The fourth-order valence-corrected chi connectivity index (χ4v) is 2.85. The van der Waals surface area contributed by atoms with Gasteiger partial charge in [-0.2, -0.15) is 0 Å². The van der Waals surface area contributed by atoms with Crippen molar-refractivity contribution in [1.82, 2.24) is 15.6 Å². The molecule has 1 aliphatic rings. The molecule has 6 nitrogen and oxygen atoms in total. The molecule has 0 atom stereocenters. The van der Waals surface area contributed by atoms with Crippen molar-refractivity contribution < 1.29 is 14.0 Å². The minimum atomic E-state index is -0.614. The lowest BCUT2D eigenvalue weighted by molar-refractivity contribution is -0.120. The highest BCUT2D eigenvalue weighted by Gasteiger charge is 2.14. The summed E-state index contributed by atoms with van der Waals surface area (Å²) in [4.78, 5) is 30.4. The third-order valence-corrected chi connectivity index (χ3v) is 4.26. The van der Waals surface area contributed by atoms with Crippen LogP contribution < -0.4 is 15.5 Å². The number of aromatic nitrogens is 1. The maximum Gasteiger partial charge on any atom is 0.254 e. The monoisotopic (exact) mass is 356 g/mol. The van der Waals surface area contributed by atoms with Crippen LogP contribution in [0, 0.1) is 5.82 Å². The van der Waals surface area contributed by atoms with E-state index in [1.165, 1.54) is 31.0 Å². The molecule has 1 aliphatic heterocycles. The zero-order valence-corrected chi connectivity index (χ0v) is 14.4. The first kappa shape index (κ1) is 17.8. The van der Waals surface area contributed by atoms with Crippen LogP contribution in [-0.4, -0.2) is 36.4 Å². The molecule has 0 unspecified atom stereocenters. The highest BCUT2D eigenvalue weighted by molar-refractivity contribution is 5.96. The number of carbonyl (C=O) groups excluding carboxylic acids is 2. The van der Waals surface area contributed by atoms with Crippen molar-refractivity contribution in [1.29, 1.82) is 0 Å². The van der Waals surface area contributed by atoms with Gasteiger partial charge in [-0.15, -0.1) is 0 Å². The van der Waals surface area contributed by atoms with Gasteiger partial charge in [-0.3, -0.25) is 9.59 Å². The zero-order chi connectivity index (χ0) is 18.4. The van der Waals surface area contributed by atoms with Gasteiger partial charge in [0.05, 0.1) is 12.1 Å². The summed E-state index contributed by atoms with van der Waals surface area (Å²) in [5.74, 6) is -0.647. The predicted octanol–water partition coefficient (Wildman–Crippen LogP) is 1.87. The first-order chi connectivity index (χ1) is 12.6. The molecule has 1 aromatic carbocycles. The number of benzene rings is 1. The Kier molecular flexibility index (Phi) is 5.78. The number of pyridine rings is 1. The first-order valence-corrected chi connectivity index (χ1v) is 8.63. The maximum atomic E-state index is 13.5. The molecule has 0 saturated carbocycles. The van der Waals surface area contributed by atoms with Crippen LogP contribution in [0.2, 0.25) is 0 Å². The Labute approximate surface area is 151 Å². The standard InChI is InChI=1S/C19H21FN4O2/c20-16-6-2-1-5-15(16)19(26)23-13-18(25)22-12-14-7-8-21-17(11-14)24-9-3-4-10-24/h1-2,5-8,11H,3-4,9-10,12-13H2,(H,22,25)(H,23,26). The lowest BCUT2D eigenvalue weighted by Gasteiger charge is -2.17. The number of amides is 2. The molecule has 1 fully saturated rings. The topological polar surface area (TPSA) is 74.3 Å².